The largest absolute Gasteiger partial charge is 0.432 e. The molecule has 0 bridgehead atoms. The summed E-state index contributed by atoms with van der Waals surface area (Å²) in [4.78, 5) is 17.1. The van der Waals surface area contributed by atoms with E-state index in [-0.39, 0.29) is 21.8 Å². The van der Waals surface area contributed by atoms with Gasteiger partial charge in [0.15, 0.2) is 4.96 Å². The Bertz CT molecular complexity index is 993. The maximum Gasteiger partial charge on any atom is 0.432 e. The number of hydrogen-bond donors (Lipinski definition) is 1. The van der Waals surface area contributed by atoms with Gasteiger partial charge in [-0.25, -0.2) is 13.8 Å². The smallest absolute Gasteiger partial charge is 0.312 e. The normalized spacial score (nSPS) is 13.4. The maximum absolute atomic E-state index is 13.6. The van der Waals surface area contributed by atoms with E-state index in [2.05, 4.69) is 10.3 Å². The fraction of sp³-hybridized carbons (Fsp3) is 0.250. The minimum atomic E-state index is -4.70. The van der Waals surface area contributed by atoms with Gasteiger partial charge in [0.1, 0.15) is 11.5 Å². The molecule has 0 aliphatic heterocycles. The molecule has 1 atom stereocenters. The summed E-state index contributed by atoms with van der Waals surface area (Å²) in [6.07, 6.45) is -4.70. The van der Waals surface area contributed by atoms with Gasteiger partial charge in [-0.2, -0.15) is 13.2 Å². The first-order valence-corrected chi connectivity index (χ1v) is 8.16. The van der Waals surface area contributed by atoms with E-state index >= 15 is 0 Å². The highest BCUT2D eigenvalue weighted by molar-refractivity contribution is 7.15. The average molecular weight is 371 g/mol. The zero-order valence-electron chi connectivity index (χ0n) is 13.2. The van der Waals surface area contributed by atoms with E-state index in [1.54, 1.807) is 14.0 Å². The third kappa shape index (κ3) is 3.05. The number of nitrogens with one attached hydrogen (secondary N) is 1. The summed E-state index contributed by atoms with van der Waals surface area (Å²) in [7, 11) is 1.64. The maximum atomic E-state index is 13.6. The van der Waals surface area contributed by atoms with Crippen LogP contribution in [-0.2, 0) is 6.18 Å². The number of halogens is 4. The third-order valence-corrected chi connectivity index (χ3v) is 4.67. The van der Waals surface area contributed by atoms with Crippen molar-refractivity contribution >= 4 is 16.3 Å². The Hall–Kier alpha value is -2.26. The summed E-state index contributed by atoms with van der Waals surface area (Å²) >= 11 is 0.734. The Morgan fingerprint density at radius 1 is 1.32 bits per heavy atom. The van der Waals surface area contributed by atoms with Gasteiger partial charge in [0.2, 0.25) is 0 Å². The zero-order chi connectivity index (χ0) is 18.4. The molecule has 0 spiro atoms. The van der Waals surface area contributed by atoms with Crippen molar-refractivity contribution in [3.8, 4) is 11.1 Å². The van der Waals surface area contributed by atoms with Gasteiger partial charge in [-0.3, -0.25) is 4.79 Å². The van der Waals surface area contributed by atoms with E-state index in [0.717, 1.165) is 22.8 Å². The van der Waals surface area contributed by atoms with Crippen LogP contribution in [0.3, 0.4) is 0 Å². The molecule has 0 fully saturated rings. The highest BCUT2D eigenvalue weighted by Gasteiger charge is 2.36. The topological polar surface area (TPSA) is 46.4 Å². The molecular formula is C16H13F4N3OS. The number of fused-ring (bicyclic) bond motifs is 1. The van der Waals surface area contributed by atoms with Crippen LogP contribution in [0.4, 0.5) is 17.6 Å². The first kappa shape index (κ1) is 17.6. The molecule has 2 aromatic heterocycles. The fourth-order valence-corrected chi connectivity index (χ4v) is 3.42. The van der Waals surface area contributed by atoms with Crippen LogP contribution in [0.5, 0.6) is 0 Å². The second kappa shape index (κ2) is 6.23. The standard InChI is InChI=1S/C16H13F4N3OS/c1-8(21-2)13-12(9-4-3-5-10(17)6-9)14(24)23-11(16(18,19)20)7-25-15(23)22-13/h3-8,21H,1-2H3. The molecule has 0 saturated carbocycles. The SMILES string of the molecule is CNC(C)c1nc2scc(C(F)(F)F)n2c(=O)c1-c1cccc(F)c1. The number of aromatic nitrogens is 2. The van der Waals surface area contributed by atoms with E-state index in [0.29, 0.717) is 4.40 Å². The molecule has 2 heterocycles. The lowest BCUT2D eigenvalue weighted by atomic mass is 10.0. The van der Waals surface area contributed by atoms with E-state index in [1.807, 2.05) is 0 Å². The van der Waals surface area contributed by atoms with Crippen molar-refractivity contribution in [2.45, 2.75) is 19.1 Å². The summed E-state index contributed by atoms with van der Waals surface area (Å²) in [6.45, 7) is 1.72. The van der Waals surface area contributed by atoms with Crippen molar-refractivity contribution < 1.29 is 17.6 Å². The molecule has 4 nitrogen and oxygen atoms in total. The lowest BCUT2D eigenvalue weighted by Gasteiger charge is -2.16. The summed E-state index contributed by atoms with van der Waals surface area (Å²) in [5, 5.41) is 3.77. The molecule has 132 valence electrons. The number of nitrogens with zero attached hydrogens (tertiary/aromatic N) is 2. The number of thiazole rings is 1. The van der Waals surface area contributed by atoms with Gasteiger partial charge < -0.3 is 5.32 Å². The Labute approximate surface area is 143 Å². The molecule has 0 saturated heterocycles. The summed E-state index contributed by atoms with van der Waals surface area (Å²) in [6, 6.07) is 4.76. The summed E-state index contributed by atoms with van der Waals surface area (Å²) < 4.78 is 53.7. The van der Waals surface area contributed by atoms with Gasteiger partial charge in [0.05, 0.1) is 11.3 Å². The van der Waals surface area contributed by atoms with Crippen molar-refractivity contribution in [1.82, 2.24) is 14.7 Å². The van der Waals surface area contributed by atoms with Crippen molar-refractivity contribution in [3.63, 3.8) is 0 Å². The second-order valence-corrected chi connectivity index (χ2v) is 6.27. The van der Waals surface area contributed by atoms with Crippen LogP contribution in [0.15, 0.2) is 34.4 Å². The van der Waals surface area contributed by atoms with Gasteiger partial charge in [-0.05, 0) is 31.7 Å². The number of benzene rings is 1. The monoisotopic (exact) mass is 371 g/mol. The van der Waals surface area contributed by atoms with Crippen molar-refractivity contribution in [2.24, 2.45) is 0 Å². The second-order valence-electron chi connectivity index (χ2n) is 5.43. The van der Waals surface area contributed by atoms with Crippen molar-refractivity contribution in [3.05, 3.63) is 57.2 Å². The van der Waals surface area contributed by atoms with E-state index in [1.165, 1.54) is 18.2 Å². The quantitative estimate of drug-likeness (QED) is 0.711. The molecule has 3 rings (SSSR count). The molecule has 1 unspecified atom stereocenters. The Kier molecular flexibility index (Phi) is 4.38. The number of alkyl halides is 3. The van der Waals surface area contributed by atoms with Gasteiger partial charge in [0.25, 0.3) is 5.56 Å². The predicted molar refractivity (Wildman–Crippen MR) is 87.2 cm³/mol. The van der Waals surface area contributed by atoms with Crippen LogP contribution in [0.1, 0.15) is 24.4 Å². The van der Waals surface area contributed by atoms with E-state index < -0.39 is 29.3 Å². The van der Waals surface area contributed by atoms with Crippen LogP contribution in [0, 0.1) is 5.82 Å². The minimum absolute atomic E-state index is 0.0530. The van der Waals surface area contributed by atoms with Gasteiger partial charge in [-0.15, -0.1) is 11.3 Å². The fourth-order valence-electron chi connectivity index (χ4n) is 2.53. The number of rotatable bonds is 3. The highest BCUT2D eigenvalue weighted by atomic mass is 32.1. The minimum Gasteiger partial charge on any atom is -0.312 e. The Morgan fingerprint density at radius 3 is 2.64 bits per heavy atom. The van der Waals surface area contributed by atoms with Crippen LogP contribution < -0.4 is 10.9 Å². The van der Waals surface area contributed by atoms with E-state index in [9.17, 15) is 22.4 Å². The lowest BCUT2D eigenvalue weighted by molar-refractivity contribution is -0.141. The molecule has 0 radical (unpaired) electrons. The van der Waals surface area contributed by atoms with Crippen molar-refractivity contribution in [1.29, 1.82) is 0 Å². The van der Waals surface area contributed by atoms with Crippen LogP contribution in [0.2, 0.25) is 0 Å². The van der Waals surface area contributed by atoms with Crippen molar-refractivity contribution in [2.75, 3.05) is 7.05 Å². The number of hydrogen-bond acceptors (Lipinski definition) is 4. The van der Waals surface area contributed by atoms with Crippen LogP contribution >= 0.6 is 11.3 Å². The summed E-state index contributed by atoms with van der Waals surface area (Å²) in [5.41, 5.74) is -1.56. The van der Waals surface area contributed by atoms with Gasteiger partial charge >= 0.3 is 6.18 Å². The predicted octanol–water partition coefficient (Wildman–Crippen LogP) is 3.86. The summed E-state index contributed by atoms with van der Waals surface area (Å²) in [5.74, 6) is -0.591. The molecule has 9 heteroatoms. The lowest BCUT2D eigenvalue weighted by Crippen LogP contribution is -2.26. The molecule has 25 heavy (non-hydrogen) atoms. The first-order chi connectivity index (χ1) is 11.7. The molecule has 0 aliphatic rings. The molecule has 0 aliphatic carbocycles. The zero-order valence-corrected chi connectivity index (χ0v) is 14.0. The molecule has 3 aromatic rings. The molecular weight excluding hydrogens is 358 g/mol. The van der Waals surface area contributed by atoms with Gasteiger partial charge in [-0.1, -0.05) is 12.1 Å². The van der Waals surface area contributed by atoms with Gasteiger partial charge in [0, 0.05) is 11.4 Å². The third-order valence-electron chi connectivity index (χ3n) is 3.84. The Balaban J connectivity index is 2.43. The average Bonchev–Trinajstić information content (AvgIpc) is 2.98. The van der Waals surface area contributed by atoms with Crippen LogP contribution in [0.25, 0.3) is 16.1 Å². The van der Waals surface area contributed by atoms with E-state index in [4.69, 9.17) is 0 Å². The highest BCUT2D eigenvalue weighted by Crippen LogP contribution is 2.33. The molecule has 1 N–H and O–H groups in total. The Morgan fingerprint density at radius 2 is 2.04 bits per heavy atom. The molecule has 1 aromatic carbocycles. The first-order valence-electron chi connectivity index (χ1n) is 7.28. The molecule has 0 amide bonds. The van der Waals surface area contributed by atoms with Crippen LogP contribution in [-0.4, -0.2) is 16.4 Å².